The van der Waals surface area contributed by atoms with Gasteiger partial charge in [-0.25, -0.2) is 9.78 Å². The van der Waals surface area contributed by atoms with Gasteiger partial charge in [0.1, 0.15) is 5.65 Å². The molecule has 2 aromatic rings. The van der Waals surface area contributed by atoms with E-state index in [9.17, 15) is 4.79 Å². The number of hydrogen-bond donors (Lipinski definition) is 2. The summed E-state index contributed by atoms with van der Waals surface area (Å²) in [6.07, 6.45) is 10.1. The first kappa shape index (κ1) is 11.1. The van der Waals surface area contributed by atoms with E-state index in [4.69, 9.17) is 0 Å². The highest BCUT2D eigenvalue weighted by Crippen LogP contribution is 2.17. The molecule has 5 nitrogen and oxygen atoms in total. The first-order valence-corrected chi connectivity index (χ1v) is 6.31. The van der Waals surface area contributed by atoms with Gasteiger partial charge in [-0.1, -0.05) is 12.8 Å². The predicted molar refractivity (Wildman–Crippen MR) is 69.6 cm³/mol. The lowest BCUT2D eigenvalue weighted by atomic mass is 10.2. The van der Waals surface area contributed by atoms with Crippen molar-refractivity contribution in [3.8, 4) is 0 Å². The van der Waals surface area contributed by atoms with Crippen molar-refractivity contribution in [2.45, 2.75) is 31.7 Å². The van der Waals surface area contributed by atoms with Crippen LogP contribution in [0, 0.1) is 0 Å². The van der Waals surface area contributed by atoms with E-state index < -0.39 is 0 Å². The van der Waals surface area contributed by atoms with Crippen LogP contribution in [0.3, 0.4) is 0 Å². The lowest BCUT2D eigenvalue weighted by Crippen LogP contribution is -2.36. The molecule has 3 rings (SSSR count). The maximum absolute atomic E-state index is 11.8. The molecule has 0 spiro atoms. The summed E-state index contributed by atoms with van der Waals surface area (Å²) in [6, 6.07) is 3.95. The molecular formula is C13H16N4O. The average Bonchev–Trinajstić information content (AvgIpc) is 2.98. The van der Waals surface area contributed by atoms with Crippen molar-refractivity contribution in [2.75, 3.05) is 5.32 Å². The van der Waals surface area contributed by atoms with Crippen LogP contribution in [0.2, 0.25) is 0 Å². The van der Waals surface area contributed by atoms with Crippen molar-refractivity contribution in [1.82, 2.24) is 14.7 Å². The smallest absolute Gasteiger partial charge is 0.319 e. The van der Waals surface area contributed by atoms with E-state index in [1.165, 1.54) is 12.8 Å². The second kappa shape index (κ2) is 4.68. The van der Waals surface area contributed by atoms with Crippen LogP contribution in [-0.4, -0.2) is 21.5 Å². The summed E-state index contributed by atoms with van der Waals surface area (Å²) in [4.78, 5) is 16.0. The van der Waals surface area contributed by atoms with Crippen molar-refractivity contribution >= 4 is 17.4 Å². The molecule has 2 heterocycles. The number of nitrogens with zero attached hydrogens (tertiary/aromatic N) is 2. The number of aromatic nitrogens is 2. The van der Waals surface area contributed by atoms with Crippen molar-refractivity contribution in [2.24, 2.45) is 0 Å². The first-order chi connectivity index (χ1) is 8.81. The molecule has 1 aliphatic carbocycles. The molecule has 1 aliphatic rings. The van der Waals surface area contributed by atoms with Crippen molar-refractivity contribution in [1.29, 1.82) is 0 Å². The van der Waals surface area contributed by atoms with Gasteiger partial charge >= 0.3 is 6.03 Å². The Balaban J connectivity index is 1.65. The van der Waals surface area contributed by atoms with Gasteiger partial charge in [0.15, 0.2) is 0 Å². The molecule has 0 atom stereocenters. The largest absolute Gasteiger partial charge is 0.335 e. The molecule has 0 radical (unpaired) electrons. The number of carbonyl (C=O) groups excluding carboxylic acids is 1. The maximum atomic E-state index is 11.8. The molecule has 1 fully saturated rings. The lowest BCUT2D eigenvalue weighted by Gasteiger charge is -2.13. The van der Waals surface area contributed by atoms with Crippen LogP contribution < -0.4 is 10.6 Å². The van der Waals surface area contributed by atoms with Crippen LogP contribution in [0.5, 0.6) is 0 Å². The van der Waals surface area contributed by atoms with Gasteiger partial charge in [0.05, 0.1) is 5.69 Å². The van der Waals surface area contributed by atoms with E-state index in [0.717, 1.165) is 24.2 Å². The molecule has 0 saturated heterocycles. The van der Waals surface area contributed by atoms with Gasteiger partial charge in [0, 0.05) is 24.6 Å². The van der Waals surface area contributed by atoms with Gasteiger partial charge in [0.2, 0.25) is 0 Å². The Kier molecular flexibility index (Phi) is 2.88. The van der Waals surface area contributed by atoms with E-state index in [0.29, 0.717) is 6.04 Å². The standard InChI is InChI=1S/C13H16N4O/c18-13(15-10-3-1-2-4-10)16-11-5-6-12-14-7-8-17(12)9-11/h5-10H,1-4H2,(H2,15,16,18). The van der Waals surface area contributed by atoms with Gasteiger partial charge in [0.25, 0.3) is 0 Å². The minimum Gasteiger partial charge on any atom is -0.335 e. The number of hydrogen-bond acceptors (Lipinski definition) is 2. The highest BCUT2D eigenvalue weighted by molar-refractivity contribution is 5.89. The summed E-state index contributed by atoms with van der Waals surface area (Å²) >= 11 is 0. The van der Waals surface area contributed by atoms with Crippen LogP contribution in [-0.2, 0) is 0 Å². The lowest BCUT2D eigenvalue weighted by molar-refractivity contribution is 0.248. The predicted octanol–water partition coefficient (Wildman–Crippen LogP) is 2.40. The topological polar surface area (TPSA) is 58.4 Å². The first-order valence-electron chi connectivity index (χ1n) is 6.31. The van der Waals surface area contributed by atoms with E-state index in [-0.39, 0.29) is 6.03 Å². The second-order valence-electron chi connectivity index (χ2n) is 4.69. The summed E-state index contributed by atoms with van der Waals surface area (Å²) in [5.41, 5.74) is 1.65. The van der Waals surface area contributed by atoms with Gasteiger partial charge in [-0.2, -0.15) is 0 Å². The summed E-state index contributed by atoms with van der Waals surface area (Å²) in [6.45, 7) is 0. The Bertz CT molecular complexity index is 557. The quantitative estimate of drug-likeness (QED) is 0.852. The minimum atomic E-state index is -0.124. The Morgan fingerprint density at radius 2 is 2.17 bits per heavy atom. The fraction of sp³-hybridized carbons (Fsp3) is 0.385. The van der Waals surface area contributed by atoms with Crippen molar-refractivity contribution < 1.29 is 4.79 Å². The second-order valence-corrected chi connectivity index (χ2v) is 4.69. The SMILES string of the molecule is O=C(Nc1ccc2nccn2c1)NC1CCCC1. The van der Waals surface area contributed by atoms with Crippen molar-refractivity contribution in [3.05, 3.63) is 30.7 Å². The molecule has 2 amide bonds. The molecule has 0 bridgehead atoms. The van der Waals surface area contributed by atoms with Gasteiger partial charge in [-0.05, 0) is 25.0 Å². The van der Waals surface area contributed by atoms with E-state index in [2.05, 4.69) is 15.6 Å². The molecule has 0 aliphatic heterocycles. The minimum absolute atomic E-state index is 0.124. The average molecular weight is 244 g/mol. The number of amides is 2. The monoisotopic (exact) mass is 244 g/mol. The zero-order valence-corrected chi connectivity index (χ0v) is 10.1. The molecule has 2 N–H and O–H groups in total. The number of rotatable bonds is 2. The molecular weight excluding hydrogens is 228 g/mol. The number of pyridine rings is 1. The molecule has 94 valence electrons. The fourth-order valence-corrected chi connectivity index (χ4v) is 2.42. The Morgan fingerprint density at radius 1 is 1.33 bits per heavy atom. The van der Waals surface area contributed by atoms with E-state index >= 15 is 0 Å². The van der Waals surface area contributed by atoms with E-state index in [1.54, 1.807) is 6.20 Å². The highest BCUT2D eigenvalue weighted by Gasteiger charge is 2.16. The van der Waals surface area contributed by atoms with Crippen LogP contribution in [0.4, 0.5) is 10.5 Å². The molecule has 0 unspecified atom stereocenters. The van der Waals surface area contributed by atoms with Crippen LogP contribution in [0.15, 0.2) is 30.7 Å². The summed E-state index contributed by atoms with van der Waals surface area (Å²) in [5, 5.41) is 5.85. The summed E-state index contributed by atoms with van der Waals surface area (Å²) in [5.74, 6) is 0. The van der Waals surface area contributed by atoms with Crippen LogP contribution in [0.1, 0.15) is 25.7 Å². The van der Waals surface area contributed by atoms with Gasteiger partial charge in [-0.3, -0.25) is 0 Å². The number of carbonyl (C=O) groups is 1. The highest BCUT2D eigenvalue weighted by atomic mass is 16.2. The number of fused-ring (bicyclic) bond motifs is 1. The number of urea groups is 1. The third-order valence-corrected chi connectivity index (χ3v) is 3.34. The Hall–Kier alpha value is -2.04. The summed E-state index contributed by atoms with van der Waals surface area (Å²) < 4.78 is 1.88. The van der Waals surface area contributed by atoms with Crippen LogP contribution >= 0.6 is 0 Å². The van der Waals surface area contributed by atoms with Crippen LogP contribution in [0.25, 0.3) is 5.65 Å². The number of imidazole rings is 1. The normalized spacial score (nSPS) is 16.0. The Labute approximate surface area is 105 Å². The zero-order chi connectivity index (χ0) is 12.4. The fourth-order valence-electron chi connectivity index (χ4n) is 2.42. The van der Waals surface area contributed by atoms with Gasteiger partial charge < -0.3 is 15.0 Å². The maximum Gasteiger partial charge on any atom is 0.319 e. The molecule has 5 heteroatoms. The summed E-state index contributed by atoms with van der Waals surface area (Å²) in [7, 11) is 0. The Morgan fingerprint density at radius 3 is 3.00 bits per heavy atom. The third kappa shape index (κ3) is 2.30. The van der Waals surface area contributed by atoms with Crippen molar-refractivity contribution in [3.63, 3.8) is 0 Å². The third-order valence-electron chi connectivity index (χ3n) is 3.34. The molecule has 2 aromatic heterocycles. The molecule has 18 heavy (non-hydrogen) atoms. The van der Waals surface area contributed by atoms with E-state index in [1.807, 2.05) is 28.9 Å². The molecule has 1 saturated carbocycles. The zero-order valence-electron chi connectivity index (χ0n) is 10.1. The molecule has 0 aromatic carbocycles. The number of anilines is 1. The van der Waals surface area contributed by atoms with Gasteiger partial charge in [-0.15, -0.1) is 0 Å². The number of nitrogens with one attached hydrogen (secondary N) is 2.